The van der Waals surface area contributed by atoms with Gasteiger partial charge in [-0.3, -0.25) is 4.98 Å². The van der Waals surface area contributed by atoms with Gasteiger partial charge in [0.25, 0.3) is 0 Å². The van der Waals surface area contributed by atoms with E-state index in [2.05, 4.69) is 11.4 Å². The highest BCUT2D eigenvalue weighted by Gasteiger charge is 2.35. The zero-order valence-electron chi connectivity index (χ0n) is 21.1. The number of aryl methyl sites for hydroxylation is 1. The van der Waals surface area contributed by atoms with Gasteiger partial charge < -0.3 is 5.32 Å². The van der Waals surface area contributed by atoms with Crippen LogP contribution in [0.2, 0.25) is 10.0 Å². The van der Waals surface area contributed by atoms with Gasteiger partial charge in [0.2, 0.25) is 0 Å². The molecule has 0 spiro atoms. The van der Waals surface area contributed by atoms with Crippen LogP contribution in [0.15, 0.2) is 108 Å². The van der Waals surface area contributed by atoms with Crippen LogP contribution in [0.3, 0.4) is 0 Å². The van der Waals surface area contributed by atoms with Gasteiger partial charge in [-0.1, -0.05) is 89.9 Å². The predicted octanol–water partition coefficient (Wildman–Crippen LogP) is 9.07. The highest BCUT2D eigenvalue weighted by Crippen LogP contribution is 2.41. The Bertz CT molecular complexity index is 1720. The molecule has 1 aliphatic heterocycles. The molecule has 0 fully saturated rings. The Hall–Kier alpha value is -3.77. The number of hydrazone groups is 1. The van der Waals surface area contributed by atoms with E-state index in [-0.39, 0.29) is 6.04 Å². The van der Waals surface area contributed by atoms with E-state index in [1.54, 1.807) is 0 Å². The Kier molecular flexibility index (Phi) is 7.05. The van der Waals surface area contributed by atoms with Crippen LogP contribution in [0.4, 0.5) is 5.69 Å². The number of hydrogen-bond acceptors (Lipinski definition) is 3. The molecule has 7 heteroatoms. The van der Waals surface area contributed by atoms with E-state index in [9.17, 15) is 0 Å². The van der Waals surface area contributed by atoms with Crippen molar-refractivity contribution in [2.75, 3.05) is 5.32 Å². The van der Waals surface area contributed by atoms with Crippen LogP contribution in [0.5, 0.6) is 0 Å². The largest absolute Gasteiger partial charge is 0.331 e. The number of nitrogens with one attached hydrogen (secondary N) is 1. The third-order valence-corrected chi connectivity index (χ3v) is 7.79. The average molecular weight is 568 g/mol. The molecule has 0 aliphatic carbocycles. The number of para-hydroxylation sites is 2. The molecule has 0 saturated carbocycles. The lowest BCUT2D eigenvalue weighted by Crippen LogP contribution is -2.31. The minimum Gasteiger partial charge on any atom is -0.331 e. The number of nitrogens with zero attached hydrogens (tertiary/aromatic N) is 3. The summed E-state index contributed by atoms with van der Waals surface area (Å²) in [4.78, 5) is 4.98. The molecular formula is C32H24Cl2N4S. The lowest BCUT2D eigenvalue weighted by molar-refractivity contribution is 0.375. The van der Waals surface area contributed by atoms with Crippen LogP contribution in [-0.2, 0) is 0 Å². The molecule has 0 amide bonds. The van der Waals surface area contributed by atoms with Crippen LogP contribution in [-0.4, -0.2) is 20.8 Å². The molecule has 1 N–H and O–H groups in total. The number of benzene rings is 4. The lowest BCUT2D eigenvalue weighted by atomic mass is 9.89. The van der Waals surface area contributed by atoms with Crippen molar-refractivity contribution >= 4 is 62.8 Å². The van der Waals surface area contributed by atoms with Gasteiger partial charge in [-0.25, -0.2) is 5.01 Å². The Labute approximate surface area is 242 Å². The van der Waals surface area contributed by atoms with Gasteiger partial charge in [-0.05, 0) is 66.7 Å². The van der Waals surface area contributed by atoms with Crippen molar-refractivity contribution in [1.82, 2.24) is 9.99 Å². The number of aromatic nitrogens is 1. The normalized spacial score (nSPS) is 14.9. The summed E-state index contributed by atoms with van der Waals surface area (Å²) in [5.41, 5.74) is 7.73. The molecule has 4 aromatic carbocycles. The van der Waals surface area contributed by atoms with Gasteiger partial charge in [-0.2, -0.15) is 5.10 Å². The fourth-order valence-electron chi connectivity index (χ4n) is 5.14. The van der Waals surface area contributed by atoms with Crippen molar-refractivity contribution in [2.45, 2.75) is 19.4 Å². The first-order valence-corrected chi connectivity index (χ1v) is 13.8. The van der Waals surface area contributed by atoms with E-state index < -0.39 is 0 Å². The molecular weight excluding hydrogens is 543 g/mol. The fourth-order valence-corrected chi connectivity index (χ4v) is 5.82. The zero-order valence-corrected chi connectivity index (χ0v) is 23.4. The van der Waals surface area contributed by atoms with Gasteiger partial charge >= 0.3 is 0 Å². The van der Waals surface area contributed by atoms with Gasteiger partial charge in [0.05, 0.1) is 17.3 Å². The smallest absolute Gasteiger partial charge is 0.194 e. The van der Waals surface area contributed by atoms with Crippen LogP contribution < -0.4 is 5.32 Å². The molecule has 39 heavy (non-hydrogen) atoms. The van der Waals surface area contributed by atoms with E-state index in [0.29, 0.717) is 21.6 Å². The molecule has 4 nitrogen and oxygen atoms in total. The van der Waals surface area contributed by atoms with Crippen molar-refractivity contribution < 1.29 is 0 Å². The zero-order chi connectivity index (χ0) is 26.9. The van der Waals surface area contributed by atoms with Gasteiger partial charge in [0, 0.05) is 44.4 Å². The SMILES string of the molecule is Cc1nc2ccccc2c(-c2ccc(Cl)cc2)c1C1=NN(C(=S)Nc2ccccc2)[C@@H](c2ccccc2Cl)C1. The number of anilines is 1. The maximum Gasteiger partial charge on any atom is 0.194 e. The Morgan fingerprint density at radius 1 is 0.846 bits per heavy atom. The van der Waals surface area contributed by atoms with E-state index in [4.69, 9.17) is 45.5 Å². The Morgan fingerprint density at radius 2 is 1.54 bits per heavy atom. The maximum absolute atomic E-state index is 6.71. The second-order valence-electron chi connectivity index (χ2n) is 9.40. The first kappa shape index (κ1) is 25.5. The molecule has 5 aromatic rings. The predicted molar refractivity (Wildman–Crippen MR) is 167 cm³/mol. The second-order valence-corrected chi connectivity index (χ2v) is 10.6. The van der Waals surface area contributed by atoms with Gasteiger partial charge in [0.1, 0.15) is 0 Å². The first-order valence-electron chi connectivity index (χ1n) is 12.6. The van der Waals surface area contributed by atoms with Crippen LogP contribution in [0, 0.1) is 6.92 Å². The lowest BCUT2D eigenvalue weighted by Gasteiger charge is -2.25. The summed E-state index contributed by atoms with van der Waals surface area (Å²) in [5.74, 6) is 0. The average Bonchev–Trinajstić information content (AvgIpc) is 3.38. The number of fused-ring (bicyclic) bond motifs is 1. The highest BCUT2D eigenvalue weighted by molar-refractivity contribution is 7.80. The van der Waals surface area contributed by atoms with Crippen molar-refractivity contribution in [3.8, 4) is 11.1 Å². The second kappa shape index (κ2) is 10.8. The number of hydrogen-bond donors (Lipinski definition) is 1. The topological polar surface area (TPSA) is 40.5 Å². The monoisotopic (exact) mass is 566 g/mol. The summed E-state index contributed by atoms with van der Waals surface area (Å²) in [6, 6.07) is 33.7. The molecule has 1 aromatic heterocycles. The van der Waals surface area contributed by atoms with Gasteiger partial charge in [0.15, 0.2) is 5.11 Å². The number of pyridine rings is 1. The fraction of sp³-hybridized carbons (Fsp3) is 0.0938. The van der Waals surface area contributed by atoms with Gasteiger partial charge in [-0.15, -0.1) is 0 Å². The Balaban J connectivity index is 1.52. The van der Waals surface area contributed by atoms with E-state index in [1.807, 2.05) is 109 Å². The molecule has 1 atom stereocenters. The van der Waals surface area contributed by atoms with Crippen LogP contribution >= 0.6 is 35.4 Å². The van der Waals surface area contributed by atoms with E-state index >= 15 is 0 Å². The summed E-state index contributed by atoms with van der Waals surface area (Å²) in [6.45, 7) is 2.04. The summed E-state index contributed by atoms with van der Waals surface area (Å²) in [6.07, 6.45) is 0.613. The first-order chi connectivity index (χ1) is 19.0. The third kappa shape index (κ3) is 5.01. The quantitative estimate of drug-likeness (QED) is 0.220. The van der Waals surface area contributed by atoms with Crippen molar-refractivity contribution in [3.05, 3.63) is 130 Å². The van der Waals surface area contributed by atoms with Crippen molar-refractivity contribution in [3.63, 3.8) is 0 Å². The molecule has 0 unspecified atom stereocenters. The summed E-state index contributed by atoms with van der Waals surface area (Å²) >= 11 is 18.9. The van der Waals surface area contributed by atoms with Crippen LogP contribution in [0.1, 0.15) is 29.3 Å². The highest BCUT2D eigenvalue weighted by atomic mass is 35.5. The van der Waals surface area contributed by atoms with Crippen molar-refractivity contribution in [2.24, 2.45) is 5.10 Å². The summed E-state index contributed by atoms with van der Waals surface area (Å²) in [5, 5.41) is 13.3. The summed E-state index contributed by atoms with van der Waals surface area (Å²) in [7, 11) is 0. The molecule has 0 saturated heterocycles. The number of halogens is 2. The summed E-state index contributed by atoms with van der Waals surface area (Å²) < 4.78 is 0. The number of rotatable bonds is 4. The van der Waals surface area contributed by atoms with Crippen molar-refractivity contribution in [1.29, 1.82) is 0 Å². The molecule has 192 valence electrons. The number of thiocarbonyl (C=S) groups is 1. The maximum atomic E-state index is 6.71. The third-order valence-electron chi connectivity index (χ3n) is 6.90. The van der Waals surface area contributed by atoms with E-state index in [1.165, 1.54) is 0 Å². The molecule has 0 bridgehead atoms. The molecule has 1 aliphatic rings. The molecule has 2 heterocycles. The minimum absolute atomic E-state index is 0.179. The standard InChI is InChI=1S/C32H24Cl2N4S/c1-20-30(31(21-15-17-22(33)18-16-21)25-12-6-8-14-27(25)35-20)28-19-29(24-11-5-7-13-26(24)34)38(37-28)32(39)36-23-9-3-2-4-10-23/h2-18,29H,19H2,1H3,(H,36,39)/t29-/m1/s1. The molecule has 0 radical (unpaired) electrons. The van der Waals surface area contributed by atoms with E-state index in [0.717, 1.165) is 50.2 Å². The minimum atomic E-state index is -0.179. The Morgan fingerprint density at radius 3 is 2.31 bits per heavy atom. The van der Waals surface area contributed by atoms with Crippen LogP contribution in [0.25, 0.3) is 22.0 Å². The molecule has 6 rings (SSSR count).